The molecule has 0 bridgehead atoms. The van der Waals surface area contributed by atoms with E-state index >= 15 is 0 Å². The minimum Gasteiger partial charge on any atom is -0.378 e. The first kappa shape index (κ1) is 21.2. The normalized spacial score (nSPS) is 16.8. The van der Waals surface area contributed by atoms with Gasteiger partial charge in [0.2, 0.25) is 10.0 Å². The number of hydrogen-bond donors (Lipinski definition) is 1. The van der Waals surface area contributed by atoms with Gasteiger partial charge in [0.25, 0.3) is 0 Å². The lowest BCUT2D eigenvalue weighted by molar-refractivity contribution is 0.0208. The highest BCUT2D eigenvalue weighted by molar-refractivity contribution is 7.89. The maximum Gasteiger partial charge on any atom is 0.246 e. The molecule has 0 spiro atoms. The van der Waals surface area contributed by atoms with Crippen LogP contribution in [0.2, 0.25) is 0 Å². The fourth-order valence-corrected chi connectivity index (χ4v) is 3.94. The van der Waals surface area contributed by atoms with Crippen LogP contribution in [0.5, 0.6) is 0 Å². The van der Waals surface area contributed by atoms with Crippen LogP contribution in [0.4, 0.5) is 13.2 Å². The van der Waals surface area contributed by atoms with Crippen molar-refractivity contribution in [2.75, 3.05) is 26.2 Å². The largest absolute Gasteiger partial charge is 0.378 e. The van der Waals surface area contributed by atoms with E-state index in [1.807, 2.05) is 0 Å². The van der Waals surface area contributed by atoms with Gasteiger partial charge in [-0.15, -0.1) is 12.4 Å². The number of hydrogen-bond acceptors (Lipinski definition) is 4. The van der Waals surface area contributed by atoms with Crippen molar-refractivity contribution in [2.24, 2.45) is 5.73 Å². The second-order valence-electron chi connectivity index (χ2n) is 5.29. The number of nitrogens with two attached hydrogens (primary N) is 1. The summed E-state index contributed by atoms with van der Waals surface area (Å²) in [6, 6.07) is 1.35. The van der Waals surface area contributed by atoms with Crippen LogP contribution >= 0.6 is 12.4 Å². The van der Waals surface area contributed by atoms with E-state index in [0.717, 1.165) is 16.8 Å². The Morgan fingerprint density at radius 2 is 1.79 bits per heavy atom. The van der Waals surface area contributed by atoms with Gasteiger partial charge in [0, 0.05) is 19.7 Å². The van der Waals surface area contributed by atoms with Gasteiger partial charge in [-0.3, -0.25) is 0 Å². The van der Waals surface area contributed by atoms with Crippen LogP contribution in [-0.4, -0.2) is 45.1 Å². The molecule has 0 unspecified atom stereocenters. The van der Waals surface area contributed by atoms with E-state index in [9.17, 15) is 21.6 Å². The maximum absolute atomic E-state index is 13.7. The number of benzene rings is 1. The quantitative estimate of drug-likeness (QED) is 0.598. The van der Waals surface area contributed by atoms with E-state index < -0.39 is 32.4 Å². The van der Waals surface area contributed by atoms with E-state index in [1.165, 1.54) is 0 Å². The van der Waals surface area contributed by atoms with Gasteiger partial charge in [0.1, 0.15) is 4.90 Å². The Hall–Kier alpha value is -0.870. The maximum atomic E-state index is 13.7. The Labute approximate surface area is 145 Å². The molecule has 1 aliphatic rings. The molecule has 5 nitrogen and oxygen atoms in total. The average Bonchev–Trinajstić information content (AvgIpc) is 2.53. The monoisotopic (exact) mass is 388 g/mol. The van der Waals surface area contributed by atoms with Crippen LogP contribution in [0.1, 0.15) is 19.3 Å². The van der Waals surface area contributed by atoms with Crippen LogP contribution in [0.15, 0.2) is 17.0 Å². The first-order chi connectivity index (χ1) is 10.9. The van der Waals surface area contributed by atoms with Crippen LogP contribution in [0.3, 0.4) is 0 Å². The van der Waals surface area contributed by atoms with E-state index in [-0.39, 0.29) is 31.6 Å². The number of halogens is 4. The average molecular weight is 389 g/mol. The van der Waals surface area contributed by atoms with E-state index in [4.69, 9.17) is 10.5 Å². The van der Waals surface area contributed by atoms with Gasteiger partial charge < -0.3 is 10.5 Å². The van der Waals surface area contributed by atoms with Gasteiger partial charge in [-0.2, -0.15) is 4.31 Å². The fourth-order valence-electron chi connectivity index (χ4n) is 2.42. The van der Waals surface area contributed by atoms with Crippen LogP contribution in [0, 0.1) is 17.5 Å². The lowest BCUT2D eigenvalue weighted by atomic mass is 10.1. The molecule has 0 saturated carbocycles. The van der Waals surface area contributed by atoms with Crippen LogP contribution in [-0.2, 0) is 14.8 Å². The molecule has 1 saturated heterocycles. The van der Waals surface area contributed by atoms with Crippen molar-refractivity contribution in [2.45, 2.75) is 30.3 Å². The smallest absolute Gasteiger partial charge is 0.246 e. The SMILES string of the molecule is Cl.NCCCOC1CCN(S(=O)(=O)c2ccc(F)c(F)c2F)CC1. The third-order valence-corrected chi connectivity index (χ3v) is 5.64. The zero-order chi connectivity index (χ0) is 17.0. The molecule has 1 aromatic rings. The molecular formula is C14H20ClF3N2O3S. The Morgan fingerprint density at radius 3 is 2.38 bits per heavy atom. The van der Waals surface area contributed by atoms with E-state index in [0.29, 0.717) is 32.1 Å². The lowest BCUT2D eigenvalue weighted by Gasteiger charge is -2.31. The number of piperidine rings is 1. The summed E-state index contributed by atoms with van der Waals surface area (Å²) in [5.74, 6) is -4.90. The summed E-state index contributed by atoms with van der Waals surface area (Å²) in [4.78, 5) is -0.848. The highest BCUT2D eigenvalue weighted by atomic mass is 35.5. The van der Waals surface area contributed by atoms with Gasteiger partial charge in [0.15, 0.2) is 17.5 Å². The molecule has 1 heterocycles. The van der Waals surface area contributed by atoms with Crippen molar-refractivity contribution in [1.29, 1.82) is 0 Å². The topological polar surface area (TPSA) is 72.6 Å². The first-order valence-electron chi connectivity index (χ1n) is 7.33. The van der Waals surface area contributed by atoms with Crippen molar-refractivity contribution in [3.8, 4) is 0 Å². The van der Waals surface area contributed by atoms with Crippen LogP contribution < -0.4 is 5.73 Å². The molecule has 10 heteroatoms. The number of nitrogens with zero attached hydrogens (tertiary/aromatic N) is 1. The summed E-state index contributed by atoms with van der Waals surface area (Å²) in [5, 5.41) is 0. The Bertz CT molecular complexity index is 653. The highest BCUT2D eigenvalue weighted by Gasteiger charge is 2.33. The summed E-state index contributed by atoms with van der Waals surface area (Å²) in [6.07, 6.45) is 1.55. The summed E-state index contributed by atoms with van der Waals surface area (Å²) in [5.41, 5.74) is 5.36. The predicted molar refractivity (Wildman–Crippen MR) is 85.0 cm³/mol. The second-order valence-corrected chi connectivity index (χ2v) is 7.20. The molecule has 0 aromatic heterocycles. The minimum atomic E-state index is -4.20. The minimum absolute atomic E-state index is 0. The first-order valence-corrected chi connectivity index (χ1v) is 8.77. The van der Waals surface area contributed by atoms with Gasteiger partial charge in [-0.25, -0.2) is 21.6 Å². The number of rotatable bonds is 6. The Morgan fingerprint density at radius 1 is 1.17 bits per heavy atom. The molecule has 1 aromatic carbocycles. The molecule has 24 heavy (non-hydrogen) atoms. The highest BCUT2D eigenvalue weighted by Crippen LogP contribution is 2.26. The van der Waals surface area contributed by atoms with Gasteiger partial charge in [-0.1, -0.05) is 0 Å². The zero-order valence-electron chi connectivity index (χ0n) is 12.9. The third-order valence-electron chi connectivity index (χ3n) is 3.72. The molecule has 0 atom stereocenters. The summed E-state index contributed by atoms with van der Waals surface area (Å²) in [6.45, 7) is 1.29. The second kappa shape index (κ2) is 9.00. The van der Waals surface area contributed by atoms with Crippen molar-refractivity contribution in [3.63, 3.8) is 0 Å². The zero-order valence-corrected chi connectivity index (χ0v) is 14.5. The van der Waals surface area contributed by atoms with Gasteiger partial charge >= 0.3 is 0 Å². The summed E-state index contributed by atoms with van der Waals surface area (Å²) in [7, 11) is -4.20. The third kappa shape index (κ3) is 4.60. The van der Waals surface area contributed by atoms with Crippen molar-refractivity contribution in [1.82, 2.24) is 4.31 Å². The van der Waals surface area contributed by atoms with E-state index in [2.05, 4.69) is 0 Å². The molecule has 0 amide bonds. The molecule has 138 valence electrons. The molecule has 0 aliphatic carbocycles. The van der Waals surface area contributed by atoms with Gasteiger partial charge in [-0.05, 0) is 37.9 Å². The standard InChI is InChI=1S/C14H19F3N2O3S.ClH/c15-11-2-3-12(14(17)13(11)16)23(20,21)19-7-4-10(5-8-19)22-9-1-6-18;/h2-3,10H,1,4-9,18H2;1H. The van der Waals surface area contributed by atoms with Crippen molar-refractivity contribution in [3.05, 3.63) is 29.6 Å². The molecule has 1 fully saturated rings. The molecule has 1 aliphatic heterocycles. The summed E-state index contributed by atoms with van der Waals surface area (Å²) < 4.78 is 71.3. The van der Waals surface area contributed by atoms with E-state index in [1.54, 1.807) is 0 Å². The molecule has 2 rings (SSSR count). The lowest BCUT2D eigenvalue weighted by Crippen LogP contribution is -2.41. The Kier molecular flexibility index (Phi) is 7.94. The summed E-state index contributed by atoms with van der Waals surface area (Å²) >= 11 is 0. The molecule has 0 radical (unpaired) electrons. The van der Waals surface area contributed by atoms with Gasteiger partial charge in [0.05, 0.1) is 6.10 Å². The predicted octanol–water partition coefficient (Wildman–Crippen LogP) is 2.04. The molecule has 2 N–H and O–H groups in total. The fraction of sp³-hybridized carbons (Fsp3) is 0.571. The van der Waals surface area contributed by atoms with Crippen molar-refractivity contribution >= 4 is 22.4 Å². The number of ether oxygens (including phenoxy) is 1. The van der Waals surface area contributed by atoms with Crippen molar-refractivity contribution < 1.29 is 26.3 Å². The molecular weight excluding hydrogens is 369 g/mol. The number of sulfonamides is 1. The van der Waals surface area contributed by atoms with Crippen LogP contribution in [0.25, 0.3) is 0 Å². The Balaban J connectivity index is 0.00000288.